The summed E-state index contributed by atoms with van der Waals surface area (Å²) in [5, 5.41) is 7.57. The Morgan fingerprint density at radius 1 is 1.20 bits per heavy atom. The molecule has 0 amide bonds. The molecule has 0 aliphatic carbocycles. The van der Waals surface area contributed by atoms with Crippen LogP contribution in [0, 0.1) is 0 Å². The first-order valence-electron chi connectivity index (χ1n) is 6.94. The molecule has 0 fully saturated rings. The lowest BCUT2D eigenvalue weighted by Crippen LogP contribution is -2.27. The lowest BCUT2D eigenvalue weighted by Gasteiger charge is -2.17. The summed E-state index contributed by atoms with van der Waals surface area (Å²) in [4.78, 5) is 13.8. The number of aliphatic hydroxyl groups excluding tert-OH is 1. The van der Waals surface area contributed by atoms with Crippen LogP contribution in [0.5, 0.6) is 0 Å². The average Bonchev–Trinajstić information content (AvgIpc) is 2.45. The van der Waals surface area contributed by atoms with E-state index in [1.54, 1.807) is 31.2 Å². The molecule has 0 aromatic heterocycles. The third kappa shape index (κ3) is 7.76. The summed E-state index contributed by atoms with van der Waals surface area (Å²) >= 11 is 0. The number of rotatable bonds is 6. The van der Waals surface area contributed by atoms with Crippen LogP contribution in [0.25, 0.3) is 0 Å². The van der Waals surface area contributed by atoms with Gasteiger partial charge in [-0.15, -0.1) is 0 Å². The molecule has 0 heterocycles. The Hall–Kier alpha value is -1.59. The summed E-state index contributed by atoms with van der Waals surface area (Å²) in [6.07, 6.45) is 0. The molecular formula is C15H26N2O3. The number of hydrogen-bond donors (Lipinski definition) is 2. The summed E-state index contributed by atoms with van der Waals surface area (Å²) in [6.45, 7) is 9.24. The van der Waals surface area contributed by atoms with E-state index in [2.05, 4.69) is 18.7 Å². The van der Waals surface area contributed by atoms with Crippen molar-refractivity contribution < 1.29 is 14.6 Å². The standard InChI is InChI=1S/C13H20N2O2.C2H6O/c1-3-15(4-2)9-10-17-13(16)11-5-7-12(14)8-6-11;1-2-3/h5-8H,3-4,9-10,14H2,1-2H3;3H,2H2,1H3. The molecule has 114 valence electrons. The van der Waals surface area contributed by atoms with Gasteiger partial charge < -0.3 is 20.5 Å². The van der Waals surface area contributed by atoms with Crippen LogP contribution in [0.1, 0.15) is 31.1 Å². The fourth-order valence-corrected chi connectivity index (χ4v) is 1.51. The van der Waals surface area contributed by atoms with E-state index in [1.807, 2.05) is 0 Å². The molecule has 1 aromatic rings. The highest BCUT2D eigenvalue weighted by Crippen LogP contribution is 2.06. The first-order valence-corrected chi connectivity index (χ1v) is 6.94. The highest BCUT2D eigenvalue weighted by atomic mass is 16.5. The molecule has 0 spiro atoms. The number of aliphatic hydroxyl groups is 1. The zero-order valence-electron chi connectivity index (χ0n) is 12.6. The van der Waals surface area contributed by atoms with Gasteiger partial charge in [0.05, 0.1) is 5.56 Å². The van der Waals surface area contributed by atoms with E-state index < -0.39 is 0 Å². The van der Waals surface area contributed by atoms with Crippen molar-refractivity contribution in [3.63, 3.8) is 0 Å². The van der Waals surface area contributed by atoms with E-state index in [4.69, 9.17) is 15.6 Å². The quantitative estimate of drug-likeness (QED) is 0.614. The second-order valence-electron chi connectivity index (χ2n) is 4.10. The predicted octanol–water partition coefficient (Wildman–Crippen LogP) is 1.77. The summed E-state index contributed by atoms with van der Waals surface area (Å²) in [7, 11) is 0. The lowest BCUT2D eigenvalue weighted by atomic mass is 10.2. The highest BCUT2D eigenvalue weighted by Gasteiger charge is 2.07. The number of benzene rings is 1. The molecular weight excluding hydrogens is 256 g/mol. The van der Waals surface area contributed by atoms with Crippen molar-refractivity contribution in [1.29, 1.82) is 0 Å². The largest absolute Gasteiger partial charge is 0.461 e. The van der Waals surface area contributed by atoms with Gasteiger partial charge in [-0.05, 0) is 44.3 Å². The van der Waals surface area contributed by atoms with Gasteiger partial charge in [-0.1, -0.05) is 13.8 Å². The van der Waals surface area contributed by atoms with Crippen LogP contribution in [-0.4, -0.2) is 48.8 Å². The molecule has 0 saturated carbocycles. The summed E-state index contributed by atoms with van der Waals surface area (Å²) in [5.74, 6) is -0.294. The first-order chi connectivity index (χ1) is 9.58. The number of carbonyl (C=O) groups is 1. The van der Waals surface area contributed by atoms with E-state index in [-0.39, 0.29) is 12.6 Å². The van der Waals surface area contributed by atoms with E-state index >= 15 is 0 Å². The van der Waals surface area contributed by atoms with Crippen molar-refractivity contribution in [2.75, 3.05) is 38.6 Å². The third-order valence-electron chi connectivity index (χ3n) is 2.68. The summed E-state index contributed by atoms with van der Waals surface area (Å²) in [6, 6.07) is 6.74. The number of hydrogen-bond acceptors (Lipinski definition) is 5. The van der Waals surface area contributed by atoms with E-state index in [0.717, 1.165) is 19.6 Å². The topological polar surface area (TPSA) is 75.8 Å². The predicted molar refractivity (Wildman–Crippen MR) is 81.7 cm³/mol. The second kappa shape index (κ2) is 11.3. The fourth-order valence-electron chi connectivity index (χ4n) is 1.51. The lowest BCUT2D eigenvalue weighted by molar-refractivity contribution is 0.0466. The van der Waals surface area contributed by atoms with Crippen LogP contribution in [-0.2, 0) is 4.74 Å². The maximum Gasteiger partial charge on any atom is 0.338 e. The number of nitrogens with zero attached hydrogens (tertiary/aromatic N) is 1. The van der Waals surface area contributed by atoms with Gasteiger partial charge in [0.2, 0.25) is 0 Å². The van der Waals surface area contributed by atoms with Crippen molar-refractivity contribution in [3.8, 4) is 0 Å². The van der Waals surface area contributed by atoms with Gasteiger partial charge in [0.1, 0.15) is 6.61 Å². The van der Waals surface area contributed by atoms with Crippen LogP contribution in [0.15, 0.2) is 24.3 Å². The van der Waals surface area contributed by atoms with Crippen molar-refractivity contribution >= 4 is 11.7 Å². The average molecular weight is 282 g/mol. The van der Waals surface area contributed by atoms with Crippen molar-refractivity contribution in [1.82, 2.24) is 4.90 Å². The monoisotopic (exact) mass is 282 g/mol. The number of nitrogens with two attached hydrogens (primary N) is 1. The third-order valence-corrected chi connectivity index (χ3v) is 2.68. The van der Waals surface area contributed by atoms with Crippen molar-refractivity contribution in [3.05, 3.63) is 29.8 Å². The zero-order chi connectivity index (χ0) is 15.4. The number of carbonyl (C=O) groups excluding carboxylic acids is 1. The van der Waals surface area contributed by atoms with Gasteiger partial charge in [0.25, 0.3) is 0 Å². The van der Waals surface area contributed by atoms with Gasteiger partial charge in [-0.3, -0.25) is 0 Å². The molecule has 3 N–H and O–H groups in total. The van der Waals surface area contributed by atoms with Gasteiger partial charge >= 0.3 is 5.97 Å². The Balaban J connectivity index is 0.00000110. The number of likely N-dealkylation sites (N-methyl/N-ethyl adjacent to an activating group) is 1. The van der Waals surface area contributed by atoms with Crippen molar-refractivity contribution in [2.24, 2.45) is 0 Å². The summed E-state index contributed by atoms with van der Waals surface area (Å²) < 4.78 is 5.18. The molecule has 0 unspecified atom stereocenters. The van der Waals surface area contributed by atoms with Gasteiger partial charge in [0, 0.05) is 18.8 Å². The molecule has 20 heavy (non-hydrogen) atoms. The van der Waals surface area contributed by atoms with Crippen LogP contribution in [0.4, 0.5) is 5.69 Å². The van der Waals surface area contributed by atoms with E-state index in [1.165, 1.54) is 0 Å². The molecule has 0 aliphatic heterocycles. The Morgan fingerprint density at radius 3 is 2.15 bits per heavy atom. The molecule has 0 bridgehead atoms. The number of nitrogen functional groups attached to an aromatic ring is 1. The Bertz CT molecular complexity index is 362. The van der Waals surface area contributed by atoms with Crippen LogP contribution in [0.2, 0.25) is 0 Å². The first kappa shape index (κ1) is 18.4. The summed E-state index contributed by atoms with van der Waals surface area (Å²) in [5.41, 5.74) is 6.73. The fraction of sp³-hybridized carbons (Fsp3) is 0.533. The normalized spacial score (nSPS) is 9.85. The smallest absolute Gasteiger partial charge is 0.338 e. The molecule has 0 radical (unpaired) electrons. The van der Waals surface area contributed by atoms with Gasteiger partial charge in [-0.25, -0.2) is 4.79 Å². The molecule has 0 saturated heterocycles. The van der Waals surface area contributed by atoms with Crippen LogP contribution >= 0.6 is 0 Å². The van der Waals surface area contributed by atoms with E-state index in [0.29, 0.717) is 17.9 Å². The molecule has 0 atom stereocenters. The Morgan fingerprint density at radius 2 is 1.70 bits per heavy atom. The zero-order valence-corrected chi connectivity index (χ0v) is 12.6. The number of ether oxygens (including phenoxy) is 1. The maximum atomic E-state index is 11.6. The molecule has 5 nitrogen and oxygen atoms in total. The molecule has 0 aliphatic rings. The Labute approximate surface area is 121 Å². The highest BCUT2D eigenvalue weighted by molar-refractivity contribution is 5.89. The van der Waals surface area contributed by atoms with Crippen molar-refractivity contribution in [2.45, 2.75) is 20.8 Å². The minimum Gasteiger partial charge on any atom is -0.461 e. The van der Waals surface area contributed by atoms with Gasteiger partial charge in [-0.2, -0.15) is 0 Å². The molecule has 1 rings (SSSR count). The number of esters is 1. The molecule has 5 heteroatoms. The minimum atomic E-state index is -0.294. The molecule has 1 aromatic carbocycles. The van der Waals surface area contributed by atoms with Gasteiger partial charge in [0.15, 0.2) is 0 Å². The maximum absolute atomic E-state index is 11.6. The second-order valence-corrected chi connectivity index (χ2v) is 4.10. The minimum absolute atomic E-state index is 0.250. The number of anilines is 1. The van der Waals surface area contributed by atoms with Crippen LogP contribution < -0.4 is 5.73 Å². The Kier molecular flexibility index (Phi) is 10.4. The van der Waals surface area contributed by atoms with Crippen LogP contribution in [0.3, 0.4) is 0 Å². The van der Waals surface area contributed by atoms with E-state index in [9.17, 15) is 4.79 Å². The SMILES string of the molecule is CCN(CC)CCOC(=O)c1ccc(N)cc1.CCO.